The number of hydrogen-bond donors (Lipinski definition) is 5. The van der Waals surface area contributed by atoms with Gasteiger partial charge >= 0.3 is 15.2 Å². The van der Waals surface area contributed by atoms with E-state index in [1.165, 1.54) is 0 Å². The summed E-state index contributed by atoms with van der Waals surface area (Å²) in [5.41, 5.74) is 0. The van der Waals surface area contributed by atoms with Gasteiger partial charge in [-0.1, -0.05) is 19.8 Å². The highest BCUT2D eigenvalue weighted by Crippen LogP contribution is 2.70. The van der Waals surface area contributed by atoms with E-state index in [-0.39, 0.29) is 5.92 Å². The molecule has 1 aliphatic carbocycles. The zero-order chi connectivity index (χ0) is 13.5. The fourth-order valence-corrected chi connectivity index (χ4v) is 4.65. The smallest absolute Gasteiger partial charge is 0.368 e. The van der Waals surface area contributed by atoms with E-state index in [9.17, 15) is 14.2 Å². The predicted molar refractivity (Wildman–Crippen MR) is 60.2 cm³/mol. The Morgan fingerprint density at radius 3 is 1.88 bits per heavy atom. The Bertz CT molecular complexity index is 348. The van der Waals surface area contributed by atoms with Crippen LogP contribution in [-0.2, 0) is 9.13 Å². The number of aliphatic hydroxyl groups is 1. The van der Waals surface area contributed by atoms with E-state index >= 15 is 0 Å². The van der Waals surface area contributed by atoms with Crippen LogP contribution in [0.5, 0.6) is 0 Å². The second-order valence-electron chi connectivity index (χ2n) is 4.85. The van der Waals surface area contributed by atoms with Crippen molar-refractivity contribution in [2.45, 2.75) is 37.7 Å². The third kappa shape index (κ3) is 3.18. The molecule has 0 aromatic heterocycles. The average Bonchev–Trinajstić information content (AvgIpc) is 2.47. The van der Waals surface area contributed by atoms with Crippen molar-refractivity contribution in [3.05, 3.63) is 0 Å². The lowest BCUT2D eigenvalue weighted by atomic mass is 10.0. The molecule has 0 aromatic carbocycles. The van der Waals surface area contributed by atoms with Crippen molar-refractivity contribution in [2.75, 3.05) is 0 Å². The third-order valence-electron chi connectivity index (χ3n) is 3.30. The Balaban J connectivity index is 2.94. The Kier molecular flexibility index (Phi) is 4.27. The molecule has 0 bridgehead atoms. The molecular weight excluding hydrogens is 270 g/mol. The first-order chi connectivity index (χ1) is 7.47. The van der Waals surface area contributed by atoms with Gasteiger partial charge < -0.3 is 24.7 Å². The van der Waals surface area contributed by atoms with Crippen LogP contribution in [0.2, 0.25) is 0 Å². The summed E-state index contributed by atoms with van der Waals surface area (Å²) in [6.07, 6.45) is 1.50. The molecule has 1 saturated carbocycles. The van der Waals surface area contributed by atoms with Crippen molar-refractivity contribution in [3.8, 4) is 0 Å². The van der Waals surface area contributed by atoms with Crippen LogP contribution < -0.4 is 0 Å². The summed E-state index contributed by atoms with van der Waals surface area (Å²) in [6.45, 7) is 1.95. The van der Waals surface area contributed by atoms with Crippen molar-refractivity contribution < 1.29 is 33.8 Å². The highest BCUT2D eigenvalue weighted by Gasteiger charge is 2.60. The molecule has 102 valence electrons. The maximum absolute atomic E-state index is 11.1. The Labute approximate surface area is 99.2 Å². The molecule has 1 rings (SSSR count). The van der Waals surface area contributed by atoms with Gasteiger partial charge in [-0.3, -0.25) is 9.13 Å². The van der Waals surface area contributed by atoms with Gasteiger partial charge in [-0.2, -0.15) is 0 Å². The van der Waals surface area contributed by atoms with Crippen molar-refractivity contribution >= 4 is 15.2 Å². The first-order valence-electron chi connectivity index (χ1n) is 5.31. The summed E-state index contributed by atoms with van der Waals surface area (Å²) >= 11 is 0. The van der Waals surface area contributed by atoms with Gasteiger partial charge in [-0.05, 0) is 18.3 Å². The Morgan fingerprint density at radius 1 is 1.12 bits per heavy atom. The van der Waals surface area contributed by atoms with Gasteiger partial charge in [0.1, 0.15) is 0 Å². The number of rotatable bonds is 4. The monoisotopic (exact) mass is 288 g/mol. The molecule has 0 spiro atoms. The second-order valence-corrected chi connectivity index (χ2v) is 8.86. The van der Waals surface area contributed by atoms with E-state index < -0.39 is 26.7 Å². The molecule has 0 saturated heterocycles. The zero-order valence-corrected chi connectivity index (χ0v) is 11.2. The fraction of sp³-hybridized carbons (Fsp3) is 1.00. The van der Waals surface area contributed by atoms with E-state index in [2.05, 4.69) is 0 Å². The lowest BCUT2D eigenvalue weighted by Crippen LogP contribution is -2.31. The normalized spacial score (nSPS) is 27.4. The molecule has 0 heterocycles. The van der Waals surface area contributed by atoms with E-state index in [1.807, 2.05) is 6.92 Å². The molecule has 0 amide bonds. The van der Waals surface area contributed by atoms with Crippen LogP contribution in [-0.4, -0.2) is 29.8 Å². The van der Waals surface area contributed by atoms with Crippen molar-refractivity contribution in [1.82, 2.24) is 0 Å². The maximum atomic E-state index is 11.1. The summed E-state index contributed by atoms with van der Waals surface area (Å²) in [6, 6.07) is 0. The molecule has 0 aliphatic heterocycles. The minimum absolute atomic E-state index is 0.268. The second kappa shape index (κ2) is 4.74. The van der Waals surface area contributed by atoms with Gasteiger partial charge in [0, 0.05) is 6.42 Å². The van der Waals surface area contributed by atoms with Gasteiger partial charge in [0.05, 0.1) is 0 Å². The van der Waals surface area contributed by atoms with Crippen LogP contribution in [0, 0.1) is 11.8 Å². The van der Waals surface area contributed by atoms with Crippen LogP contribution in [0.25, 0.3) is 0 Å². The van der Waals surface area contributed by atoms with E-state index in [4.69, 9.17) is 19.6 Å². The quantitative estimate of drug-likeness (QED) is 0.483. The minimum Gasteiger partial charge on any atom is -0.368 e. The van der Waals surface area contributed by atoms with E-state index in [0.29, 0.717) is 18.8 Å². The highest BCUT2D eigenvalue weighted by molar-refractivity contribution is 7.72. The average molecular weight is 288 g/mol. The lowest BCUT2D eigenvalue weighted by Gasteiger charge is -2.31. The van der Waals surface area contributed by atoms with Crippen molar-refractivity contribution in [2.24, 2.45) is 11.8 Å². The maximum Gasteiger partial charge on any atom is 0.369 e. The molecule has 0 radical (unpaired) electrons. The zero-order valence-electron chi connectivity index (χ0n) is 9.43. The third-order valence-corrected chi connectivity index (χ3v) is 7.09. The first kappa shape index (κ1) is 15.3. The molecule has 0 aromatic rings. The van der Waals surface area contributed by atoms with Gasteiger partial charge in [0.15, 0.2) is 0 Å². The Morgan fingerprint density at radius 2 is 1.59 bits per heavy atom. The summed E-state index contributed by atoms with van der Waals surface area (Å²) in [5.74, 6) is 0.0769. The van der Waals surface area contributed by atoms with Gasteiger partial charge in [-0.25, -0.2) is 0 Å². The molecule has 7 nitrogen and oxygen atoms in total. The molecule has 1 aliphatic rings. The summed E-state index contributed by atoms with van der Waals surface area (Å²) in [4.78, 5) is 35.9. The standard InChI is InChI=1S/C8H18O7P2/c1-6-2-3-7(4-6)5-8(9,16(10,11)12)17(13,14)15/h6-7,9H,2-5H2,1H3,(H2,10,11,12)(H2,13,14,15)/t6-,7-/m1/s1. The van der Waals surface area contributed by atoms with E-state index in [1.54, 1.807) is 0 Å². The summed E-state index contributed by atoms with van der Waals surface area (Å²) < 4.78 is 22.2. The van der Waals surface area contributed by atoms with Crippen LogP contribution in [0.4, 0.5) is 0 Å². The topological polar surface area (TPSA) is 135 Å². The molecular formula is C8H18O7P2. The lowest BCUT2D eigenvalue weighted by molar-refractivity contribution is 0.107. The molecule has 17 heavy (non-hydrogen) atoms. The molecule has 5 N–H and O–H groups in total. The molecule has 0 unspecified atom stereocenters. The summed E-state index contributed by atoms with van der Waals surface area (Å²) in [5, 5.41) is 6.46. The van der Waals surface area contributed by atoms with Crippen molar-refractivity contribution in [3.63, 3.8) is 0 Å². The first-order valence-corrected chi connectivity index (χ1v) is 8.53. The predicted octanol–water partition coefficient (Wildman–Crippen LogP) is 0.814. The molecule has 2 atom stereocenters. The molecule has 1 fully saturated rings. The van der Waals surface area contributed by atoms with Crippen LogP contribution in [0.3, 0.4) is 0 Å². The molecule has 9 heteroatoms. The summed E-state index contributed by atoms with van der Waals surface area (Å²) in [7, 11) is -10.6. The van der Waals surface area contributed by atoms with Gasteiger partial charge in [0.2, 0.25) is 0 Å². The minimum atomic E-state index is -5.29. The number of hydrogen-bond acceptors (Lipinski definition) is 3. The SMILES string of the molecule is C[C@@H]1CC[C@@H](CC(O)(P(=O)(O)O)P(=O)(O)O)C1. The van der Waals surface area contributed by atoms with Crippen LogP contribution >= 0.6 is 15.2 Å². The van der Waals surface area contributed by atoms with E-state index in [0.717, 1.165) is 6.42 Å². The highest BCUT2D eigenvalue weighted by atomic mass is 31.2. The Hall–Kier alpha value is 0.260. The van der Waals surface area contributed by atoms with Crippen LogP contribution in [0.15, 0.2) is 0 Å². The largest absolute Gasteiger partial charge is 0.369 e. The van der Waals surface area contributed by atoms with Gasteiger partial charge in [0.25, 0.3) is 5.08 Å². The van der Waals surface area contributed by atoms with Crippen LogP contribution in [0.1, 0.15) is 32.6 Å². The van der Waals surface area contributed by atoms with Gasteiger partial charge in [-0.15, -0.1) is 0 Å². The van der Waals surface area contributed by atoms with Crippen molar-refractivity contribution in [1.29, 1.82) is 0 Å². The fourth-order valence-electron chi connectivity index (χ4n) is 2.31.